The molecular weight excluding hydrogens is 329 g/mol. The van der Waals surface area contributed by atoms with Gasteiger partial charge < -0.3 is 21.3 Å². The molecular formula is C15H20FN7O2. The van der Waals surface area contributed by atoms with Crippen molar-refractivity contribution in [1.82, 2.24) is 14.9 Å². The lowest BCUT2D eigenvalue weighted by Crippen LogP contribution is -2.17. The van der Waals surface area contributed by atoms with E-state index < -0.39 is 16.4 Å². The fourth-order valence-corrected chi connectivity index (χ4v) is 2.08. The summed E-state index contributed by atoms with van der Waals surface area (Å²) in [5, 5.41) is 17.0. The van der Waals surface area contributed by atoms with Crippen molar-refractivity contribution in [2.45, 2.75) is 6.42 Å². The van der Waals surface area contributed by atoms with E-state index in [1.807, 2.05) is 19.0 Å². The highest BCUT2D eigenvalue weighted by Crippen LogP contribution is 2.31. The highest BCUT2D eigenvalue weighted by atomic mass is 19.1. The lowest BCUT2D eigenvalue weighted by Gasteiger charge is -2.12. The first-order chi connectivity index (χ1) is 11.9. The van der Waals surface area contributed by atoms with Crippen molar-refractivity contribution in [2.75, 3.05) is 43.6 Å². The van der Waals surface area contributed by atoms with Gasteiger partial charge >= 0.3 is 5.69 Å². The zero-order valence-corrected chi connectivity index (χ0v) is 14.0. The van der Waals surface area contributed by atoms with Crippen LogP contribution in [-0.2, 0) is 0 Å². The molecule has 0 radical (unpaired) electrons. The normalized spacial score (nSPS) is 10.7. The first kappa shape index (κ1) is 18.3. The molecule has 0 aliphatic carbocycles. The molecule has 9 nitrogen and oxygen atoms in total. The van der Waals surface area contributed by atoms with Crippen LogP contribution in [0.2, 0.25) is 0 Å². The number of hydrogen-bond donors (Lipinski definition) is 3. The molecule has 1 aromatic carbocycles. The van der Waals surface area contributed by atoms with E-state index in [1.54, 1.807) is 0 Å². The van der Waals surface area contributed by atoms with Crippen LogP contribution in [-0.4, -0.2) is 47.0 Å². The molecule has 0 unspecified atom stereocenters. The van der Waals surface area contributed by atoms with Crippen LogP contribution in [0.1, 0.15) is 6.42 Å². The molecule has 25 heavy (non-hydrogen) atoms. The summed E-state index contributed by atoms with van der Waals surface area (Å²) in [6.45, 7) is 1.46. The minimum absolute atomic E-state index is 0.0563. The molecule has 0 saturated carbocycles. The van der Waals surface area contributed by atoms with Gasteiger partial charge in [-0.1, -0.05) is 0 Å². The highest BCUT2D eigenvalue weighted by Gasteiger charge is 2.23. The number of halogens is 1. The van der Waals surface area contributed by atoms with Gasteiger partial charge in [0.15, 0.2) is 0 Å². The molecule has 0 atom stereocenters. The number of nitro groups is 1. The van der Waals surface area contributed by atoms with Crippen molar-refractivity contribution in [2.24, 2.45) is 0 Å². The van der Waals surface area contributed by atoms with Crippen LogP contribution >= 0.6 is 0 Å². The number of hydrogen-bond acceptors (Lipinski definition) is 8. The van der Waals surface area contributed by atoms with Gasteiger partial charge in [0.1, 0.15) is 5.82 Å². The topological polar surface area (TPSA) is 122 Å². The number of rotatable bonds is 8. The average molecular weight is 349 g/mol. The molecule has 1 aromatic heterocycles. The van der Waals surface area contributed by atoms with Crippen molar-refractivity contribution in [3.05, 3.63) is 40.2 Å². The summed E-state index contributed by atoms with van der Waals surface area (Å²) in [6, 6.07) is 5.36. The van der Waals surface area contributed by atoms with Gasteiger partial charge in [0.05, 0.1) is 4.92 Å². The maximum Gasteiger partial charge on any atom is 0.353 e. The molecule has 0 aliphatic heterocycles. The molecule has 4 N–H and O–H groups in total. The van der Waals surface area contributed by atoms with Crippen LogP contribution in [0, 0.1) is 15.9 Å². The largest absolute Gasteiger partial charge is 0.378 e. The van der Waals surface area contributed by atoms with Crippen LogP contribution in [0.5, 0.6) is 0 Å². The summed E-state index contributed by atoms with van der Waals surface area (Å²) in [7, 11) is 3.93. The Balaban J connectivity index is 2.22. The smallest absolute Gasteiger partial charge is 0.353 e. The van der Waals surface area contributed by atoms with E-state index in [0.29, 0.717) is 12.2 Å². The fraction of sp³-hybridized carbons (Fsp3) is 0.333. The first-order valence-electron chi connectivity index (χ1n) is 7.60. The van der Waals surface area contributed by atoms with E-state index in [4.69, 9.17) is 5.73 Å². The first-order valence-corrected chi connectivity index (χ1v) is 7.60. The Morgan fingerprint density at radius 1 is 1.28 bits per heavy atom. The van der Waals surface area contributed by atoms with Crippen LogP contribution in [0.3, 0.4) is 0 Å². The fourth-order valence-electron chi connectivity index (χ4n) is 2.08. The lowest BCUT2D eigenvalue weighted by molar-refractivity contribution is -0.383. The van der Waals surface area contributed by atoms with Crippen molar-refractivity contribution >= 4 is 29.0 Å². The van der Waals surface area contributed by atoms with E-state index in [2.05, 4.69) is 20.6 Å². The van der Waals surface area contributed by atoms with E-state index >= 15 is 0 Å². The predicted octanol–water partition coefficient (Wildman–Crippen LogP) is 2.21. The van der Waals surface area contributed by atoms with E-state index in [0.717, 1.165) is 13.0 Å². The maximum absolute atomic E-state index is 13.0. The molecule has 0 aliphatic rings. The molecule has 134 valence electrons. The van der Waals surface area contributed by atoms with Gasteiger partial charge in [-0.2, -0.15) is 9.97 Å². The third-order valence-electron chi connectivity index (χ3n) is 3.27. The second-order valence-corrected chi connectivity index (χ2v) is 5.60. The summed E-state index contributed by atoms with van der Waals surface area (Å²) in [5.41, 5.74) is 5.73. The number of aromatic nitrogens is 2. The van der Waals surface area contributed by atoms with Gasteiger partial charge in [-0.15, -0.1) is 0 Å². The molecule has 1 heterocycles. The summed E-state index contributed by atoms with van der Waals surface area (Å²) in [5.74, 6) is -0.532. The summed E-state index contributed by atoms with van der Waals surface area (Å²) in [4.78, 5) is 20.7. The Morgan fingerprint density at radius 3 is 2.56 bits per heavy atom. The van der Waals surface area contributed by atoms with Gasteiger partial charge in [-0.25, -0.2) is 4.39 Å². The van der Waals surface area contributed by atoms with Crippen LogP contribution in [0.25, 0.3) is 0 Å². The molecule has 0 bridgehead atoms. The Kier molecular flexibility index (Phi) is 6.01. The third kappa shape index (κ3) is 5.24. The van der Waals surface area contributed by atoms with E-state index in [1.165, 1.54) is 24.3 Å². The molecule has 2 aromatic rings. The number of anilines is 4. The van der Waals surface area contributed by atoms with Gasteiger partial charge in [0, 0.05) is 12.2 Å². The zero-order valence-electron chi connectivity index (χ0n) is 14.0. The second-order valence-electron chi connectivity index (χ2n) is 5.60. The molecule has 0 amide bonds. The van der Waals surface area contributed by atoms with Crippen molar-refractivity contribution in [3.63, 3.8) is 0 Å². The Bertz CT molecular complexity index is 737. The number of nitrogens with one attached hydrogen (secondary N) is 2. The predicted molar refractivity (Wildman–Crippen MR) is 94.4 cm³/mol. The van der Waals surface area contributed by atoms with Crippen molar-refractivity contribution in [3.8, 4) is 0 Å². The van der Waals surface area contributed by atoms with Crippen molar-refractivity contribution in [1.29, 1.82) is 0 Å². The van der Waals surface area contributed by atoms with Crippen molar-refractivity contribution < 1.29 is 9.31 Å². The minimum atomic E-state index is -0.656. The molecule has 2 rings (SSSR count). The summed E-state index contributed by atoms with van der Waals surface area (Å²) in [6.07, 6.45) is 0.841. The zero-order chi connectivity index (χ0) is 18.4. The quantitative estimate of drug-likeness (QED) is 0.377. The van der Waals surface area contributed by atoms with Gasteiger partial charge in [-0.3, -0.25) is 10.1 Å². The van der Waals surface area contributed by atoms with Crippen LogP contribution < -0.4 is 16.4 Å². The number of nitrogen functional groups attached to an aromatic ring is 1. The standard InChI is InChI=1S/C15H20FN7O2/c1-22(2)9-3-8-18-15-20-13(17)12(23(24)25)14(21-15)19-11-6-4-10(16)5-7-11/h4-7H,3,8-9H2,1-2H3,(H4,17,18,19,20,21). The average Bonchev–Trinajstić information content (AvgIpc) is 2.53. The van der Waals surface area contributed by atoms with E-state index in [9.17, 15) is 14.5 Å². The Morgan fingerprint density at radius 2 is 1.96 bits per heavy atom. The SMILES string of the molecule is CN(C)CCCNc1nc(N)c([N+](=O)[O-])c(Nc2ccc(F)cc2)n1. The second kappa shape index (κ2) is 8.20. The molecule has 0 spiro atoms. The Labute approximate surface area is 144 Å². The molecule has 0 saturated heterocycles. The third-order valence-corrected chi connectivity index (χ3v) is 3.27. The molecule has 0 fully saturated rings. The maximum atomic E-state index is 13.0. The monoisotopic (exact) mass is 349 g/mol. The highest BCUT2D eigenvalue weighted by molar-refractivity contribution is 5.74. The van der Waals surface area contributed by atoms with Crippen LogP contribution in [0.4, 0.5) is 33.3 Å². The molecule has 10 heteroatoms. The van der Waals surface area contributed by atoms with Gasteiger partial charge in [0.2, 0.25) is 17.6 Å². The van der Waals surface area contributed by atoms with Gasteiger partial charge in [0.25, 0.3) is 0 Å². The number of benzene rings is 1. The lowest BCUT2D eigenvalue weighted by atomic mass is 10.3. The van der Waals surface area contributed by atoms with Crippen LogP contribution in [0.15, 0.2) is 24.3 Å². The number of nitrogens with zero attached hydrogens (tertiary/aromatic N) is 4. The van der Waals surface area contributed by atoms with E-state index in [-0.39, 0.29) is 17.6 Å². The van der Waals surface area contributed by atoms with Gasteiger partial charge in [-0.05, 0) is 51.3 Å². The summed E-state index contributed by atoms with van der Waals surface area (Å²) < 4.78 is 13.0. The minimum Gasteiger partial charge on any atom is -0.378 e. The number of nitrogens with two attached hydrogens (primary N) is 1. The Hall–Kier alpha value is -3.01. The summed E-state index contributed by atoms with van der Waals surface area (Å²) >= 11 is 0.